The van der Waals surface area contributed by atoms with Crippen LogP contribution in [0, 0.1) is 20.8 Å². The number of para-hydroxylation sites is 1. The molecule has 0 aliphatic rings. The molecule has 0 saturated carbocycles. The number of benzene rings is 14. The smallest absolute Gasteiger partial charge is 0.164 e. The second-order valence-corrected chi connectivity index (χ2v) is 28.9. The van der Waals surface area contributed by atoms with Gasteiger partial charge in [-0.25, -0.2) is 0 Å². The largest absolute Gasteiger partial charge is 0.493 e. The molecule has 0 heterocycles. The number of aryl methyl sites for hydroxylation is 3. The first kappa shape index (κ1) is 90.6. The molecule has 14 aromatic carbocycles. The van der Waals surface area contributed by atoms with Crippen LogP contribution in [0.2, 0.25) is 0 Å². The van der Waals surface area contributed by atoms with Gasteiger partial charge in [0.1, 0.15) is 0 Å². The van der Waals surface area contributed by atoms with Crippen molar-refractivity contribution in [3.8, 4) is 34.5 Å². The van der Waals surface area contributed by atoms with Crippen molar-refractivity contribution in [1.82, 2.24) is 0 Å². The predicted molar refractivity (Wildman–Crippen MR) is 505 cm³/mol. The van der Waals surface area contributed by atoms with Crippen molar-refractivity contribution in [1.29, 1.82) is 0 Å². The first-order valence-electron chi connectivity index (χ1n) is 38.9. The standard InChI is InChI=1S/3C15H18N2O2.3C14H16N2.C13H14N2/c2*1-18-14-6-3-10(8-15(14)19-2)7-11-9-12(16)4-5-13(11)17;1-18-14-5-3-4-10(15(14)19-2)8-11-9-12(16)6-7-13(11)17;1-10-2-4-11(5-3-10)8-12-9-13(15)6-7-14(12)16;1-10-3-2-4-11(7-10)8-12-9-13(15)5-6-14(12)16;1-10-4-2-3-5-11(10)8-12-9-13(15)6-7-14(12)16;14-12-6-7-13(15)11(9-12)8-10-4-2-1-3-5-10/h2*3-6,8-9H,7,16-17H2,1-2H3;3-7,9H,8,16-17H2,1-2H3;3*2-7,9H,8,15-16H2,1H3;1-7,9H,8,14-15H2. The van der Waals surface area contributed by atoms with Gasteiger partial charge in [-0.1, -0.05) is 139 Å². The minimum Gasteiger partial charge on any atom is -0.493 e. The molecule has 0 amide bonds. The van der Waals surface area contributed by atoms with Gasteiger partial charge in [-0.3, -0.25) is 0 Å². The Morgan fingerprint density at radius 2 is 0.467 bits per heavy atom. The van der Waals surface area contributed by atoms with E-state index in [0.29, 0.717) is 65.1 Å². The van der Waals surface area contributed by atoms with Gasteiger partial charge in [0, 0.05) is 91.6 Å². The third-order valence-corrected chi connectivity index (χ3v) is 19.6. The molecule has 0 aromatic heterocycles. The summed E-state index contributed by atoms with van der Waals surface area (Å²) in [6.07, 6.45) is 5.39. The highest BCUT2D eigenvalue weighted by Gasteiger charge is 2.14. The Morgan fingerprint density at radius 3 is 0.808 bits per heavy atom. The highest BCUT2D eigenvalue weighted by molar-refractivity contribution is 5.64. The lowest BCUT2D eigenvalue weighted by atomic mass is 9.99. The van der Waals surface area contributed by atoms with Crippen LogP contribution in [0.4, 0.5) is 79.6 Å². The SMILES string of the molecule is COc1ccc(Cc2cc(N)ccc2N)cc1OC.COc1ccc(Cc2cc(N)ccc2N)cc1OC.COc1cccc(Cc2cc(N)ccc2N)c1OC.Cc1ccc(Cc2cc(N)ccc2N)cc1.Cc1cccc(Cc2cc(N)ccc2N)c1.Cc1ccccc1Cc1cc(N)ccc1N.Nc1ccc(N)c(Cc2ccccc2)c1. The first-order chi connectivity index (χ1) is 57.6. The van der Waals surface area contributed by atoms with E-state index < -0.39 is 0 Å². The number of nitrogens with two attached hydrogens (primary N) is 14. The Labute approximate surface area is 706 Å². The lowest BCUT2D eigenvalue weighted by Crippen LogP contribution is -2.00. The minimum absolute atomic E-state index is 0.650. The van der Waals surface area contributed by atoms with Gasteiger partial charge in [-0.15, -0.1) is 0 Å². The van der Waals surface area contributed by atoms with Crippen molar-refractivity contribution >= 4 is 79.6 Å². The number of anilines is 14. The molecule has 0 atom stereocenters. The van der Waals surface area contributed by atoms with Crippen LogP contribution in [0.3, 0.4) is 0 Å². The van der Waals surface area contributed by atoms with Crippen molar-refractivity contribution in [3.05, 3.63) is 380 Å². The molecule has 0 unspecified atom stereocenters. The van der Waals surface area contributed by atoms with Gasteiger partial charge in [-0.2, -0.15) is 0 Å². The van der Waals surface area contributed by atoms with Crippen LogP contribution in [0.5, 0.6) is 34.5 Å². The summed E-state index contributed by atoms with van der Waals surface area (Å²) >= 11 is 0. The van der Waals surface area contributed by atoms with E-state index in [1.54, 1.807) is 60.9 Å². The van der Waals surface area contributed by atoms with E-state index >= 15 is 0 Å². The zero-order valence-corrected chi connectivity index (χ0v) is 70.1. The van der Waals surface area contributed by atoms with Crippen LogP contribution in [0.1, 0.15) is 94.6 Å². The second-order valence-electron chi connectivity index (χ2n) is 28.9. The summed E-state index contributed by atoms with van der Waals surface area (Å²) in [4.78, 5) is 0. The summed E-state index contributed by atoms with van der Waals surface area (Å²) in [5.74, 6) is 4.29. The Balaban J connectivity index is 0.000000175. The lowest BCUT2D eigenvalue weighted by molar-refractivity contribution is 0.352. The van der Waals surface area contributed by atoms with E-state index in [1.807, 2.05) is 194 Å². The van der Waals surface area contributed by atoms with Crippen LogP contribution in [-0.2, 0) is 44.9 Å². The summed E-state index contributed by atoms with van der Waals surface area (Å²) in [5, 5.41) is 0. The molecule has 0 saturated heterocycles. The molecular weight excluding hydrogens is 1490 g/mol. The first-order valence-corrected chi connectivity index (χ1v) is 38.9. The monoisotopic (exact) mass is 1610 g/mol. The molecule has 14 aromatic rings. The molecule has 0 spiro atoms. The Kier molecular flexibility index (Phi) is 34.3. The Hall–Kier alpha value is -14.9. The molecule has 0 bridgehead atoms. The number of rotatable bonds is 20. The molecule has 20 heteroatoms. The maximum atomic E-state index is 5.97. The molecule has 0 fully saturated rings. The number of nitrogen functional groups attached to an aromatic ring is 14. The fourth-order valence-corrected chi connectivity index (χ4v) is 13.0. The summed E-state index contributed by atoms with van der Waals surface area (Å²) in [6, 6.07) is 91.9. The molecule has 120 heavy (non-hydrogen) atoms. The number of hydrogen-bond donors (Lipinski definition) is 14. The van der Waals surface area contributed by atoms with Crippen LogP contribution >= 0.6 is 0 Å². The van der Waals surface area contributed by atoms with Crippen molar-refractivity contribution in [2.75, 3.05) is 123 Å². The number of hydrogen-bond acceptors (Lipinski definition) is 20. The maximum absolute atomic E-state index is 5.97. The molecule has 20 nitrogen and oxygen atoms in total. The zero-order valence-electron chi connectivity index (χ0n) is 70.1. The van der Waals surface area contributed by atoms with Crippen molar-refractivity contribution in [2.24, 2.45) is 0 Å². The quantitative estimate of drug-likeness (QED) is 0.0315. The van der Waals surface area contributed by atoms with E-state index in [-0.39, 0.29) is 0 Å². The topological polar surface area (TPSA) is 420 Å². The predicted octanol–water partition coefficient (Wildman–Crippen LogP) is 18.1. The van der Waals surface area contributed by atoms with Gasteiger partial charge in [0.05, 0.1) is 42.7 Å². The Morgan fingerprint density at radius 1 is 0.183 bits per heavy atom. The fraction of sp³-hybridized carbons (Fsp3) is 0.160. The van der Waals surface area contributed by atoms with Crippen LogP contribution < -0.4 is 109 Å². The van der Waals surface area contributed by atoms with Crippen LogP contribution in [0.15, 0.2) is 285 Å². The zero-order chi connectivity index (χ0) is 86.8. The average Bonchev–Trinajstić information content (AvgIpc) is 0.832. The van der Waals surface area contributed by atoms with E-state index in [2.05, 4.69) is 93.6 Å². The maximum Gasteiger partial charge on any atom is 0.164 e. The number of methoxy groups -OCH3 is 6. The third kappa shape index (κ3) is 28.2. The summed E-state index contributed by atoms with van der Waals surface area (Å²) in [7, 11) is 9.73. The fourth-order valence-electron chi connectivity index (χ4n) is 13.0. The van der Waals surface area contributed by atoms with Crippen LogP contribution in [-0.4, -0.2) is 42.7 Å². The molecular formula is C100H116N14O6. The van der Waals surface area contributed by atoms with Crippen molar-refractivity contribution < 1.29 is 28.4 Å². The van der Waals surface area contributed by atoms with E-state index in [0.717, 1.165) is 150 Å². The summed E-state index contributed by atoms with van der Waals surface area (Å²) in [5.41, 5.74) is 112. The minimum atomic E-state index is 0.650. The van der Waals surface area contributed by atoms with Gasteiger partial charge in [-0.05, 0) is 295 Å². The number of ether oxygens (including phenoxy) is 6. The van der Waals surface area contributed by atoms with Gasteiger partial charge >= 0.3 is 0 Å². The average molecular weight is 1610 g/mol. The molecule has 14 rings (SSSR count). The second kappa shape index (κ2) is 45.4. The molecule has 28 N–H and O–H groups in total. The highest BCUT2D eigenvalue weighted by Crippen LogP contribution is 2.36. The highest BCUT2D eigenvalue weighted by atomic mass is 16.5. The van der Waals surface area contributed by atoms with Gasteiger partial charge in [0.2, 0.25) is 0 Å². The van der Waals surface area contributed by atoms with Gasteiger partial charge < -0.3 is 109 Å². The third-order valence-electron chi connectivity index (χ3n) is 19.6. The van der Waals surface area contributed by atoms with Gasteiger partial charge in [0.15, 0.2) is 34.5 Å². The molecule has 0 radical (unpaired) electrons. The van der Waals surface area contributed by atoms with Crippen molar-refractivity contribution in [2.45, 2.75) is 65.7 Å². The Bertz CT molecular complexity index is 5520. The van der Waals surface area contributed by atoms with Crippen molar-refractivity contribution in [3.63, 3.8) is 0 Å². The lowest BCUT2D eigenvalue weighted by Gasteiger charge is -2.13. The summed E-state index contributed by atoms with van der Waals surface area (Å²) < 4.78 is 31.7. The van der Waals surface area contributed by atoms with E-state index in [4.69, 9.17) is 109 Å². The summed E-state index contributed by atoms with van der Waals surface area (Å²) in [6.45, 7) is 6.28. The normalized spacial score (nSPS) is 10.2. The molecule has 622 valence electrons. The molecule has 0 aliphatic carbocycles. The van der Waals surface area contributed by atoms with E-state index in [9.17, 15) is 0 Å². The molecule has 0 aliphatic heterocycles. The van der Waals surface area contributed by atoms with Gasteiger partial charge in [0.25, 0.3) is 0 Å². The van der Waals surface area contributed by atoms with E-state index in [1.165, 1.54) is 38.9 Å². The van der Waals surface area contributed by atoms with Crippen LogP contribution in [0.25, 0.3) is 0 Å².